The average Bonchev–Trinajstić information content (AvgIpc) is 3.00. The summed E-state index contributed by atoms with van der Waals surface area (Å²) < 4.78 is 9.67. The van der Waals surface area contributed by atoms with Crippen LogP contribution in [0.2, 0.25) is 0 Å². The molecule has 0 aromatic carbocycles. The van der Waals surface area contributed by atoms with Crippen LogP contribution in [0.4, 0.5) is 0 Å². The van der Waals surface area contributed by atoms with Gasteiger partial charge in [0.25, 0.3) is 0 Å². The summed E-state index contributed by atoms with van der Waals surface area (Å²) >= 11 is 0. The molecule has 1 rings (SSSR count). The SMILES string of the molecule is COC(=O)CCN(CCNC(C)=O)C(=O)/C=C/c1ccco1. The summed E-state index contributed by atoms with van der Waals surface area (Å²) in [5, 5.41) is 2.61. The van der Waals surface area contributed by atoms with Gasteiger partial charge in [0.15, 0.2) is 0 Å². The number of carbonyl (C=O) groups excluding carboxylic acids is 3. The summed E-state index contributed by atoms with van der Waals surface area (Å²) in [5.41, 5.74) is 0. The van der Waals surface area contributed by atoms with E-state index in [9.17, 15) is 14.4 Å². The molecule has 0 saturated carbocycles. The van der Waals surface area contributed by atoms with Gasteiger partial charge in [0, 0.05) is 32.6 Å². The lowest BCUT2D eigenvalue weighted by Gasteiger charge is -2.20. The maximum Gasteiger partial charge on any atom is 0.307 e. The zero-order valence-corrected chi connectivity index (χ0v) is 12.7. The monoisotopic (exact) mass is 308 g/mol. The van der Waals surface area contributed by atoms with Gasteiger partial charge in [0.2, 0.25) is 11.8 Å². The molecule has 0 aliphatic rings. The highest BCUT2D eigenvalue weighted by molar-refractivity contribution is 5.91. The maximum absolute atomic E-state index is 12.1. The summed E-state index contributed by atoms with van der Waals surface area (Å²) in [6, 6.07) is 3.44. The Morgan fingerprint density at radius 1 is 1.36 bits per heavy atom. The number of esters is 1. The van der Waals surface area contributed by atoms with Crippen LogP contribution in [0.15, 0.2) is 28.9 Å². The van der Waals surface area contributed by atoms with Crippen LogP contribution in [0.3, 0.4) is 0 Å². The molecule has 7 nitrogen and oxygen atoms in total. The second kappa shape index (κ2) is 9.38. The van der Waals surface area contributed by atoms with Crippen LogP contribution in [0.25, 0.3) is 6.08 Å². The van der Waals surface area contributed by atoms with Gasteiger partial charge in [-0.05, 0) is 18.2 Å². The van der Waals surface area contributed by atoms with Crippen molar-refractivity contribution in [3.8, 4) is 0 Å². The Labute approximate surface area is 128 Å². The van der Waals surface area contributed by atoms with E-state index in [4.69, 9.17) is 4.42 Å². The molecular weight excluding hydrogens is 288 g/mol. The predicted molar refractivity (Wildman–Crippen MR) is 79.6 cm³/mol. The summed E-state index contributed by atoms with van der Waals surface area (Å²) in [6.07, 6.45) is 4.52. The fraction of sp³-hybridized carbons (Fsp3) is 0.400. The lowest BCUT2D eigenvalue weighted by Crippen LogP contribution is -2.38. The van der Waals surface area contributed by atoms with E-state index in [1.165, 1.54) is 31.3 Å². The lowest BCUT2D eigenvalue weighted by atomic mass is 10.3. The van der Waals surface area contributed by atoms with Gasteiger partial charge in [-0.3, -0.25) is 14.4 Å². The Bertz CT molecular complexity index is 522. The van der Waals surface area contributed by atoms with E-state index in [1.807, 2.05) is 0 Å². The number of nitrogens with zero attached hydrogens (tertiary/aromatic N) is 1. The number of furan rings is 1. The molecule has 1 aromatic rings. The molecule has 7 heteroatoms. The van der Waals surface area contributed by atoms with Crippen molar-refractivity contribution >= 4 is 23.9 Å². The van der Waals surface area contributed by atoms with Gasteiger partial charge in [-0.15, -0.1) is 0 Å². The van der Waals surface area contributed by atoms with E-state index in [1.54, 1.807) is 18.2 Å². The van der Waals surface area contributed by atoms with E-state index in [0.29, 0.717) is 18.8 Å². The molecule has 0 radical (unpaired) electrons. The fourth-order valence-electron chi connectivity index (χ4n) is 1.67. The third-order valence-electron chi connectivity index (χ3n) is 2.81. The molecule has 120 valence electrons. The Morgan fingerprint density at radius 3 is 2.73 bits per heavy atom. The topological polar surface area (TPSA) is 88.9 Å². The Kier molecular flexibility index (Phi) is 7.45. The van der Waals surface area contributed by atoms with Gasteiger partial charge in [-0.25, -0.2) is 0 Å². The molecular formula is C15H20N2O5. The molecule has 0 spiro atoms. The zero-order chi connectivity index (χ0) is 16.4. The minimum Gasteiger partial charge on any atom is -0.469 e. The van der Waals surface area contributed by atoms with Crippen molar-refractivity contribution in [1.29, 1.82) is 0 Å². The molecule has 1 aromatic heterocycles. The lowest BCUT2D eigenvalue weighted by molar-refractivity contribution is -0.141. The van der Waals surface area contributed by atoms with Crippen LogP contribution in [-0.2, 0) is 19.1 Å². The largest absolute Gasteiger partial charge is 0.469 e. The van der Waals surface area contributed by atoms with Crippen LogP contribution >= 0.6 is 0 Å². The second-order valence-corrected chi connectivity index (χ2v) is 4.48. The molecule has 0 atom stereocenters. The van der Waals surface area contributed by atoms with Crippen molar-refractivity contribution in [3.63, 3.8) is 0 Å². The van der Waals surface area contributed by atoms with Gasteiger partial charge in [0.1, 0.15) is 5.76 Å². The molecule has 2 amide bonds. The highest BCUT2D eigenvalue weighted by Crippen LogP contribution is 2.04. The van der Waals surface area contributed by atoms with Crippen molar-refractivity contribution in [2.24, 2.45) is 0 Å². The van der Waals surface area contributed by atoms with Crippen molar-refractivity contribution in [1.82, 2.24) is 10.2 Å². The van der Waals surface area contributed by atoms with E-state index in [2.05, 4.69) is 10.1 Å². The summed E-state index contributed by atoms with van der Waals surface area (Å²) in [7, 11) is 1.29. The van der Waals surface area contributed by atoms with Crippen molar-refractivity contribution < 1.29 is 23.5 Å². The number of nitrogens with one attached hydrogen (secondary N) is 1. The van der Waals surface area contributed by atoms with Crippen molar-refractivity contribution in [3.05, 3.63) is 30.2 Å². The van der Waals surface area contributed by atoms with E-state index >= 15 is 0 Å². The quantitative estimate of drug-likeness (QED) is 0.567. The number of ether oxygens (including phenoxy) is 1. The summed E-state index contributed by atoms with van der Waals surface area (Å²) in [4.78, 5) is 35.7. The highest BCUT2D eigenvalue weighted by atomic mass is 16.5. The van der Waals surface area contributed by atoms with Gasteiger partial charge in [-0.1, -0.05) is 0 Å². The first-order valence-corrected chi connectivity index (χ1v) is 6.84. The average molecular weight is 308 g/mol. The number of amides is 2. The van der Waals surface area contributed by atoms with E-state index in [-0.39, 0.29) is 24.8 Å². The Balaban J connectivity index is 2.59. The third kappa shape index (κ3) is 6.74. The minimum absolute atomic E-state index is 0.0942. The molecule has 0 bridgehead atoms. The first kappa shape index (κ1) is 17.5. The van der Waals surface area contributed by atoms with Crippen molar-refractivity contribution in [2.45, 2.75) is 13.3 Å². The smallest absolute Gasteiger partial charge is 0.307 e. The molecule has 0 aliphatic heterocycles. The van der Waals surface area contributed by atoms with Crippen LogP contribution in [0.5, 0.6) is 0 Å². The van der Waals surface area contributed by atoms with E-state index < -0.39 is 5.97 Å². The van der Waals surface area contributed by atoms with Gasteiger partial charge < -0.3 is 19.4 Å². The molecule has 22 heavy (non-hydrogen) atoms. The Morgan fingerprint density at radius 2 is 2.14 bits per heavy atom. The molecule has 1 heterocycles. The third-order valence-corrected chi connectivity index (χ3v) is 2.81. The summed E-state index contributed by atoms with van der Waals surface area (Å²) in [5.74, 6) is -0.285. The van der Waals surface area contributed by atoms with Crippen LogP contribution in [0, 0.1) is 0 Å². The number of hydrogen-bond acceptors (Lipinski definition) is 5. The molecule has 0 aliphatic carbocycles. The number of carbonyl (C=O) groups is 3. The van der Waals surface area contributed by atoms with Gasteiger partial charge in [0.05, 0.1) is 19.8 Å². The normalized spacial score (nSPS) is 10.5. The van der Waals surface area contributed by atoms with E-state index in [0.717, 1.165) is 0 Å². The van der Waals surface area contributed by atoms with Crippen LogP contribution in [-0.4, -0.2) is 49.4 Å². The first-order valence-electron chi connectivity index (χ1n) is 6.84. The molecule has 1 N–H and O–H groups in total. The number of methoxy groups -OCH3 is 1. The second-order valence-electron chi connectivity index (χ2n) is 4.48. The fourth-order valence-corrected chi connectivity index (χ4v) is 1.67. The molecule has 0 unspecified atom stereocenters. The number of rotatable bonds is 8. The minimum atomic E-state index is -0.396. The zero-order valence-electron chi connectivity index (χ0n) is 12.7. The van der Waals surface area contributed by atoms with Crippen molar-refractivity contribution in [2.75, 3.05) is 26.7 Å². The molecule has 0 saturated heterocycles. The predicted octanol–water partition coefficient (Wildman–Crippen LogP) is 0.821. The first-order chi connectivity index (χ1) is 10.5. The van der Waals surface area contributed by atoms with Gasteiger partial charge in [-0.2, -0.15) is 0 Å². The summed E-state index contributed by atoms with van der Waals surface area (Å²) in [6.45, 7) is 2.24. The van der Waals surface area contributed by atoms with Gasteiger partial charge >= 0.3 is 5.97 Å². The Hall–Kier alpha value is -2.57. The van der Waals surface area contributed by atoms with Crippen LogP contribution < -0.4 is 5.32 Å². The van der Waals surface area contributed by atoms with Crippen LogP contribution in [0.1, 0.15) is 19.1 Å². The number of hydrogen-bond donors (Lipinski definition) is 1. The maximum atomic E-state index is 12.1. The highest BCUT2D eigenvalue weighted by Gasteiger charge is 2.13. The standard InChI is InChI=1S/C15H20N2O5/c1-12(18)16-8-10-17(9-7-15(20)21-2)14(19)6-5-13-4-3-11-22-13/h3-6,11H,7-10H2,1-2H3,(H,16,18)/b6-5+. The molecule has 0 fully saturated rings.